The van der Waals surface area contributed by atoms with Gasteiger partial charge in [0.2, 0.25) is 0 Å². The van der Waals surface area contributed by atoms with Crippen molar-refractivity contribution < 1.29 is 19.0 Å². The zero-order chi connectivity index (χ0) is 19.9. The molecule has 1 atom stereocenters. The maximum Gasteiger partial charge on any atom is 0.316 e. The van der Waals surface area contributed by atoms with Gasteiger partial charge in [0.25, 0.3) is 0 Å². The number of carbonyl (C=O) groups is 1. The zero-order valence-electron chi connectivity index (χ0n) is 15.3. The predicted octanol–water partition coefficient (Wildman–Crippen LogP) is 5.41. The summed E-state index contributed by atoms with van der Waals surface area (Å²) in [6.07, 6.45) is 0.713. The number of hydrogen-bond acceptors (Lipinski definition) is 5. The minimum Gasteiger partial charge on any atom is -0.483 e. The van der Waals surface area contributed by atoms with Gasteiger partial charge in [-0.05, 0) is 55.7 Å². The van der Waals surface area contributed by atoms with Crippen LogP contribution in [0.4, 0.5) is 4.39 Å². The maximum absolute atomic E-state index is 13.7. The highest BCUT2D eigenvalue weighted by molar-refractivity contribution is 8.00. The third-order valence-electron chi connectivity index (χ3n) is 4.17. The van der Waals surface area contributed by atoms with E-state index in [0.717, 1.165) is 16.3 Å². The van der Waals surface area contributed by atoms with E-state index >= 15 is 0 Å². The van der Waals surface area contributed by atoms with Gasteiger partial charge in [-0.3, -0.25) is 4.79 Å². The third kappa shape index (κ3) is 5.56. The van der Waals surface area contributed by atoms with Crippen LogP contribution < -0.4 is 4.74 Å². The van der Waals surface area contributed by atoms with E-state index in [1.54, 1.807) is 29.5 Å². The molecule has 28 heavy (non-hydrogen) atoms. The lowest BCUT2D eigenvalue weighted by Crippen LogP contribution is -2.19. The molecule has 0 saturated heterocycles. The number of thioether (sulfide) groups is 1. The second-order valence-corrected chi connectivity index (χ2v) is 8.36. The van der Waals surface area contributed by atoms with Gasteiger partial charge in [0, 0.05) is 10.9 Å². The standard InChI is InChI=1S/C21H20FNO3S2/c1-14-23-19(12-27-14)16-6-9-17(10-7-16)26-13-28-20(21(24)25)11-8-15-4-2-3-5-18(15)22/h2-7,9-10,12,20H,8,11,13H2,1H3,(H,24,25). The molecule has 0 fully saturated rings. The van der Waals surface area contributed by atoms with Gasteiger partial charge < -0.3 is 9.84 Å². The van der Waals surface area contributed by atoms with Gasteiger partial charge in [-0.25, -0.2) is 9.37 Å². The van der Waals surface area contributed by atoms with E-state index in [2.05, 4.69) is 4.98 Å². The number of rotatable bonds is 9. The highest BCUT2D eigenvalue weighted by atomic mass is 32.2. The Morgan fingerprint density at radius 3 is 2.64 bits per heavy atom. The van der Waals surface area contributed by atoms with Crippen LogP contribution in [0, 0.1) is 12.7 Å². The minimum absolute atomic E-state index is 0.212. The number of halogens is 1. The van der Waals surface area contributed by atoms with Gasteiger partial charge in [0.05, 0.1) is 10.7 Å². The Bertz CT molecular complexity index is 927. The normalized spacial score (nSPS) is 11.9. The molecule has 0 amide bonds. The Hall–Kier alpha value is -2.38. The topological polar surface area (TPSA) is 59.4 Å². The Balaban J connectivity index is 1.50. The average Bonchev–Trinajstić information content (AvgIpc) is 3.12. The second kappa shape index (κ2) is 9.71. The summed E-state index contributed by atoms with van der Waals surface area (Å²) in [6.45, 7) is 1.97. The van der Waals surface area contributed by atoms with Crippen LogP contribution >= 0.6 is 23.1 Å². The van der Waals surface area contributed by atoms with E-state index in [9.17, 15) is 14.3 Å². The first kappa shape index (κ1) is 20.4. The summed E-state index contributed by atoms with van der Waals surface area (Å²) in [6, 6.07) is 14.0. The van der Waals surface area contributed by atoms with Crippen molar-refractivity contribution >= 4 is 29.1 Å². The highest BCUT2D eigenvalue weighted by Crippen LogP contribution is 2.25. The first-order valence-electron chi connectivity index (χ1n) is 8.76. The first-order chi connectivity index (χ1) is 13.5. The van der Waals surface area contributed by atoms with E-state index in [-0.39, 0.29) is 11.8 Å². The number of benzene rings is 2. The summed E-state index contributed by atoms with van der Waals surface area (Å²) < 4.78 is 19.4. The number of aliphatic carboxylic acids is 1. The predicted molar refractivity (Wildman–Crippen MR) is 112 cm³/mol. The van der Waals surface area contributed by atoms with Crippen molar-refractivity contribution in [1.82, 2.24) is 4.98 Å². The van der Waals surface area contributed by atoms with Crippen molar-refractivity contribution in [3.63, 3.8) is 0 Å². The Morgan fingerprint density at radius 1 is 1.25 bits per heavy atom. The molecule has 0 saturated carbocycles. The molecule has 3 aromatic rings. The number of carboxylic acid groups (broad SMARTS) is 1. The number of thiazole rings is 1. The van der Waals surface area contributed by atoms with Crippen LogP contribution in [0.3, 0.4) is 0 Å². The molecule has 0 bridgehead atoms. The molecular formula is C21H20FNO3S2. The van der Waals surface area contributed by atoms with Crippen LogP contribution in [0.1, 0.15) is 17.0 Å². The first-order valence-corrected chi connectivity index (χ1v) is 10.7. The van der Waals surface area contributed by atoms with Gasteiger partial charge in [0.1, 0.15) is 22.8 Å². The summed E-state index contributed by atoms with van der Waals surface area (Å²) in [4.78, 5) is 15.9. The molecule has 3 rings (SSSR count). The quantitative estimate of drug-likeness (QED) is 0.472. The maximum atomic E-state index is 13.7. The molecule has 4 nitrogen and oxygen atoms in total. The number of aromatic nitrogens is 1. The third-order valence-corrected chi connectivity index (χ3v) is 6.04. The molecule has 1 unspecified atom stereocenters. The molecule has 0 aliphatic carbocycles. The van der Waals surface area contributed by atoms with E-state index < -0.39 is 11.2 Å². The lowest BCUT2D eigenvalue weighted by atomic mass is 10.1. The molecule has 1 aromatic heterocycles. The molecule has 0 spiro atoms. The van der Waals surface area contributed by atoms with E-state index in [4.69, 9.17) is 4.74 Å². The lowest BCUT2D eigenvalue weighted by molar-refractivity contribution is -0.136. The smallest absolute Gasteiger partial charge is 0.316 e. The summed E-state index contributed by atoms with van der Waals surface area (Å²) >= 11 is 2.80. The Labute approximate surface area is 171 Å². The van der Waals surface area contributed by atoms with Crippen LogP contribution in [0.15, 0.2) is 53.9 Å². The van der Waals surface area contributed by atoms with Crippen molar-refractivity contribution in [3.8, 4) is 17.0 Å². The summed E-state index contributed by atoms with van der Waals surface area (Å²) in [5, 5.41) is 11.8. The number of aryl methyl sites for hydroxylation is 2. The summed E-state index contributed by atoms with van der Waals surface area (Å²) in [5.74, 6) is -0.340. The number of hydrogen-bond donors (Lipinski definition) is 1. The van der Waals surface area contributed by atoms with Crippen molar-refractivity contribution in [2.45, 2.75) is 25.0 Å². The highest BCUT2D eigenvalue weighted by Gasteiger charge is 2.19. The number of ether oxygens (including phenoxy) is 1. The van der Waals surface area contributed by atoms with Gasteiger partial charge >= 0.3 is 5.97 Å². The number of nitrogens with zero attached hydrogens (tertiary/aromatic N) is 1. The van der Waals surface area contributed by atoms with Gasteiger partial charge in [-0.1, -0.05) is 18.2 Å². The van der Waals surface area contributed by atoms with Crippen LogP contribution in [0.2, 0.25) is 0 Å². The fourth-order valence-corrected chi connectivity index (χ4v) is 4.09. The van der Waals surface area contributed by atoms with Gasteiger partial charge in [-0.15, -0.1) is 23.1 Å². The zero-order valence-corrected chi connectivity index (χ0v) is 16.9. The summed E-state index contributed by atoms with van der Waals surface area (Å²) in [7, 11) is 0. The molecule has 7 heteroatoms. The van der Waals surface area contributed by atoms with E-state index in [1.807, 2.05) is 36.6 Å². The molecule has 2 aromatic carbocycles. The van der Waals surface area contributed by atoms with Crippen molar-refractivity contribution in [3.05, 3.63) is 70.3 Å². The van der Waals surface area contributed by atoms with Crippen molar-refractivity contribution in [2.24, 2.45) is 0 Å². The minimum atomic E-state index is -0.917. The van der Waals surface area contributed by atoms with Crippen LogP contribution in [-0.2, 0) is 11.2 Å². The van der Waals surface area contributed by atoms with Crippen LogP contribution in [-0.4, -0.2) is 27.2 Å². The van der Waals surface area contributed by atoms with Crippen LogP contribution in [0.5, 0.6) is 5.75 Å². The molecule has 1 heterocycles. The SMILES string of the molecule is Cc1nc(-c2ccc(OCSC(CCc3ccccc3F)C(=O)O)cc2)cs1. The van der Waals surface area contributed by atoms with Crippen molar-refractivity contribution in [1.29, 1.82) is 0 Å². The van der Waals surface area contributed by atoms with Gasteiger partial charge in [-0.2, -0.15) is 0 Å². The molecule has 0 radical (unpaired) electrons. The second-order valence-electron chi connectivity index (χ2n) is 6.16. The molecule has 0 aliphatic rings. The molecule has 1 N–H and O–H groups in total. The summed E-state index contributed by atoms with van der Waals surface area (Å²) in [5.41, 5.74) is 2.48. The molecular weight excluding hydrogens is 397 g/mol. The molecule has 0 aliphatic heterocycles. The monoisotopic (exact) mass is 417 g/mol. The fraction of sp³-hybridized carbons (Fsp3) is 0.238. The Kier molecular flexibility index (Phi) is 7.06. The van der Waals surface area contributed by atoms with E-state index in [0.29, 0.717) is 24.2 Å². The van der Waals surface area contributed by atoms with Crippen LogP contribution in [0.25, 0.3) is 11.3 Å². The largest absolute Gasteiger partial charge is 0.483 e. The molecule has 146 valence electrons. The fourth-order valence-electron chi connectivity index (χ4n) is 2.67. The van der Waals surface area contributed by atoms with E-state index in [1.165, 1.54) is 17.8 Å². The van der Waals surface area contributed by atoms with Gasteiger partial charge in [0.15, 0.2) is 0 Å². The Morgan fingerprint density at radius 2 is 2.00 bits per heavy atom. The van der Waals surface area contributed by atoms with Crippen molar-refractivity contribution in [2.75, 3.05) is 5.94 Å². The average molecular weight is 418 g/mol. The number of carboxylic acids is 1. The lowest BCUT2D eigenvalue weighted by Gasteiger charge is -2.13.